The number of benzene rings is 5. The van der Waals surface area contributed by atoms with Gasteiger partial charge in [-0.05, 0) is 134 Å². The Morgan fingerprint density at radius 1 is 0.719 bits per heavy atom. The van der Waals surface area contributed by atoms with Crippen molar-refractivity contribution in [1.82, 2.24) is 9.80 Å². The zero-order valence-corrected chi connectivity index (χ0v) is 32.5. The van der Waals surface area contributed by atoms with E-state index in [1.165, 1.54) is 17.7 Å². The van der Waals surface area contributed by atoms with Gasteiger partial charge in [-0.2, -0.15) is 13.2 Å². The van der Waals surface area contributed by atoms with Crippen LogP contribution in [0, 0.1) is 0 Å². The highest BCUT2D eigenvalue weighted by Gasteiger charge is 2.35. The highest BCUT2D eigenvalue weighted by Crippen LogP contribution is 2.52. The van der Waals surface area contributed by atoms with E-state index in [0.29, 0.717) is 46.7 Å². The van der Waals surface area contributed by atoms with Gasteiger partial charge in [0.2, 0.25) is 5.75 Å². The summed E-state index contributed by atoms with van der Waals surface area (Å²) in [7, 11) is 9.09. The van der Waals surface area contributed by atoms with Crippen LogP contribution in [0.2, 0.25) is 0 Å². The molecule has 0 saturated carbocycles. The predicted molar refractivity (Wildman–Crippen MR) is 211 cm³/mol. The van der Waals surface area contributed by atoms with E-state index in [1.807, 2.05) is 42.5 Å². The second kappa shape index (κ2) is 15.3. The molecule has 5 aromatic carbocycles. The summed E-state index contributed by atoms with van der Waals surface area (Å²) < 4.78 is 71.1. The average Bonchev–Trinajstić information content (AvgIpc) is 3.20. The molecular weight excluding hydrogens is 736 g/mol. The van der Waals surface area contributed by atoms with E-state index in [4.69, 9.17) is 23.7 Å². The van der Waals surface area contributed by atoms with Crippen LogP contribution in [-0.2, 0) is 31.9 Å². The summed E-state index contributed by atoms with van der Waals surface area (Å²) in [5, 5.41) is 2.75. The van der Waals surface area contributed by atoms with Gasteiger partial charge in [-0.25, -0.2) is 0 Å². The molecule has 0 fully saturated rings. The van der Waals surface area contributed by atoms with E-state index < -0.39 is 17.6 Å². The fourth-order valence-corrected chi connectivity index (χ4v) is 8.25. The van der Waals surface area contributed by atoms with Gasteiger partial charge < -0.3 is 29.0 Å². The first kappa shape index (κ1) is 38.2. The first-order valence-corrected chi connectivity index (χ1v) is 18.9. The summed E-state index contributed by atoms with van der Waals surface area (Å²) >= 11 is 0. The molecule has 1 N–H and O–H groups in total. The molecule has 12 heteroatoms. The number of methoxy groups -OCH3 is 3. The molecule has 5 aromatic rings. The minimum atomic E-state index is -4.49. The molecule has 1 amide bonds. The van der Waals surface area contributed by atoms with Gasteiger partial charge in [0.25, 0.3) is 5.91 Å². The number of hydrogen-bond acceptors (Lipinski definition) is 8. The lowest BCUT2D eigenvalue weighted by Crippen LogP contribution is -2.34. The molecule has 4 heterocycles. The molecule has 57 heavy (non-hydrogen) atoms. The molecule has 4 aliphatic heterocycles. The van der Waals surface area contributed by atoms with Gasteiger partial charge in [0.15, 0.2) is 23.0 Å². The monoisotopic (exact) mass is 779 g/mol. The normalized spacial score (nSPS) is 18.0. The van der Waals surface area contributed by atoms with Crippen LogP contribution in [0.25, 0.3) is 0 Å². The van der Waals surface area contributed by atoms with Crippen LogP contribution in [0.1, 0.15) is 61.4 Å². The summed E-state index contributed by atoms with van der Waals surface area (Å²) in [6.45, 7) is 1.65. The van der Waals surface area contributed by atoms with Gasteiger partial charge >= 0.3 is 6.18 Å². The van der Waals surface area contributed by atoms with Crippen molar-refractivity contribution < 1.29 is 41.7 Å². The number of amides is 1. The number of rotatable bonds is 5. The van der Waals surface area contributed by atoms with Crippen LogP contribution < -0.4 is 29.0 Å². The van der Waals surface area contributed by atoms with Gasteiger partial charge in [-0.3, -0.25) is 14.6 Å². The van der Waals surface area contributed by atoms with E-state index in [2.05, 4.69) is 41.3 Å². The summed E-state index contributed by atoms with van der Waals surface area (Å²) in [6, 6.07) is 23.7. The van der Waals surface area contributed by atoms with Crippen LogP contribution >= 0.6 is 0 Å². The molecule has 9 rings (SSSR count). The van der Waals surface area contributed by atoms with E-state index in [0.717, 1.165) is 72.3 Å². The fourth-order valence-electron chi connectivity index (χ4n) is 8.25. The zero-order chi connectivity index (χ0) is 40.0. The smallest absolute Gasteiger partial charge is 0.416 e. The number of likely N-dealkylation sites (N-methyl/N-ethyl adjacent to an activating group) is 2. The third-order valence-electron chi connectivity index (χ3n) is 11.4. The van der Waals surface area contributed by atoms with Gasteiger partial charge in [0.05, 0.1) is 32.5 Å². The number of fused-ring (bicyclic) bond motifs is 2. The quantitative estimate of drug-likeness (QED) is 0.189. The first-order chi connectivity index (χ1) is 27.4. The van der Waals surface area contributed by atoms with Crippen molar-refractivity contribution in [3.8, 4) is 40.2 Å². The molecule has 4 aliphatic rings. The van der Waals surface area contributed by atoms with Gasteiger partial charge in [0, 0.05) is 36.4 Å². The van der Waals surface area contributed by atoms with Crippen molar-refractivity contribution in [2.75, 3.05) is 53.8 Å². The second-order valence-electron chi connectivity index (χ2n) is 14.8. The molecule has 0 unspecified atom stereocenters. The SMILES string of the molecule is COc1cc2c3cc1Oc1c(OC)c(OC)cc4c1[C@@H](Cc1ccc(C(=O)Nc5ccc(C(F)(F)F)cc5)c(c1)Oc1ccc(cc1)C[C@@H]3N(C)CC2)N(C)CC4. The van der Waals surface area contributed by atoms with Gasteiger partial charge in [0.1, 0.15) is 11.5 Å². The summed E-state index contributed by atoms with van der Waals surface area (Å²) in [5.74, 6) is 3.11. The Morgan fingerprint density at radius 3 is 2.05 bits per heavy atom. The minimum absolute atomic E-state index is 0.0461. The molecule has 2 atom stereocenters. The Bertz CT molecular complexity index is 2310. The van der Waals surface area contributed by atoms with E-state index in [-0.39, 0.29) is 23.3 Å². The first-order valence-electron chi connectivity index (χ1n) is 18.9. The Balaban J connectivity index is 1.27. The molecule has 0 radical (unpaired) electrons. The van der Waals surface area contributed by atoms with Gasteiger partial charge in [-0.15, -0.1) is 0 Å². The number of hydrogen-bond donors (Lipinski definition) is 1. The summed E-state index contributed by atoms with van der Waals surface area (Å²) in [6.07, 6.45) is -1.64. The minimum Gasteiger partial charge on any atom is -0.493 e. The van der Waals surface area contributed by atoms with Crippen molar-refractivity contribution in [2.45, 2.75) is 43.9 Å². The number of ether oxygens (including phenoxy) is 5. The Labute approximate surface area is 329 Å². The molecule has 0 aliphatic carbocycles. The topological polar surface area (TPSA) is 81.7 Å². The molecule has 296 valence electrons. The molecule has 9 nitrogen and oxygen atoms in total. The van der Waals surface area contributed by atoms with E-state index in [1.54, 1.807) is 27.4 Å². The van der Waals surface area contributed by atoms with Crippen molar-refractivity contribution in [2.24, 2.45) is 0 Å². The summed E-state index contributed by atoms with van der Waals surface area (Å²) in [5.41, 5.74) is 6.01. The van der Waals surface area contributed by atoms with Crippen LogP contribution in [-0.4, -0.2) is 64.2 Å². The number of nitrogens with one attached hydrogen (secondary N) is 1. The maximum atomic E-state index is 13.8. The molecule has 6 bridgehead atoms. The average molecular weight is 780 g/mol. The number of anilines is 1. The molecular formula is C45H44F3N3O6. The van der Waals surface area contributed by atoms with Crippen LogP contribution in [0.3, 0.4) is 0 Å². The number of nitrogens with zero attached hydrogens (tertiary/aromatic N) is 2. The molecule has 0 spiro atoms. The fraction of sp³-hybridized carbons (Fsp3) is 0.311. The highest BCUT2D eigenvalue weighted by molar-refractivity contribution is 6.06. The largest absolute Gasteiger partial charge is 0.493 e. The number of halogens is 3. The highest BCUT2D eigenvalue weighted by atomic mass is 19.4. The lowest BCUT2D eigenvalue weighted by Gasteiger charge is -2.37. The Morgan fingerprint density at radius 2 is 1.37 bits per heavy atom. The van der Waals surface area contributed by atoms with Crippen LogP contribution in [0.5, 0.6) is 40.2 Å². The maximum Gasteiger partial charge on any atom is 0.416 e. The lowest BCUT2D eigenvalue weighted by atomic mass is 9.87. The predicted octanol–water partition coefficient (Wildman–Crippen LogP) is 9.42. The van der Waals surface area contributed by atoms with Crippen LogP contribution in [0.4, 0.5) is 18.9 Å². The third-order valence-corrected chi connectivity index (χ3v) is 11.4. The lowest BCUT2D eigenvalue weighted by molar-refractivity contribution is -0.137. The standard InChI is InChI=1S/C45H44F3N3O6/c1-50-18-16-28-23-38(53-3)39-25-34(28)35(50)20-26-6-13-32(14-7-26)56-37-22-27(8-15-33(37)44(52)49-31-11-9-30(10-12-31)45(46,47)48)21-36-41-29(17-19-51(36)2)24-40(54-4)42(55-5)43(41)57-39/h6-15,22-25,35-36H,16-21H2,1-5H3,(H,49,52)/t35-,36+/m0/s1. The van der Waals surface area contributed by atoms with Crippen molar-refractivity contribution >= 4 is 11.6 Å². The summed E-state index contributed by atoms with van der Waals surface area (Å²) in [4.78, 5) is 18.4. The van der Waals surface area contributed by atoms with E-state index in [9.17, 15) is 18.0 Å². The van der Waals surface area contributed by atoms with Crippen molar-refractivity contribution in [1.29, 1.82) is 0 Å². The van der Waals surface area contributed by atoms with E-state index >= 15 is 0 Å². The third kappa shape index (κ3) is 7.47. The Hall–Kier alpha value is -5.72. The van der Waals surface area contributed by atoms with Crippen LogP contribution in [0.15, 0.2) is 84.9 Å². The number of carbonyl (C=O) groups is 1. The van der Waals surface area contributed by atoms with Crippen molar-refractivity contribution in [3.63, 3.8) is 0 Å². The molecule has 0 aromatic heterocycles. The number of alkyl halides is 3. The Kier molecular flexibility index (Phi) is 10.3. The van der Waals surface area contributed by atoms with Crippen molar-refractivity contribution in [3.05, 3.63) is 129 Å². The second-order valence-corrected chi connectivity index (χ2v) is 14.8. The zero-order valence-electron chi connectivity index (χ0n) is 32.5. The molecule has 0 saturated heterocycles. The maximum absolute atomic E-state index is 13.8. The number of carbonyl (C=O) groups excluding carboxylic acids is 1. The van der Waals surface area contributed by atoms with Gasteiger partial charge in [-0.1, -0.05) is 18.2 Å².